The number of ether oxygens (including phenoxy) is 1. The second-order valence-corrected chi connectivity index (χ2v) is 4.14. The van der Waals surface area contributed by atoms with Gasteiger partial charge in [-0.25, -0.2) is 0 Å². The second kappa shape index (κ2) is 6.21. The Morgan fingerprint density at radius 1 is 1.22 bits per heavy atom. The van der Waals surface area contributed by atoms with Gasteiger partial charge in [-0.15, -0.1) is 0 Å². The first-order chi connectivity index (χ1) is 8.81. The minimum absolute atomic E-state index is 0.545. The van der Waals surface area contributed by atoms with Crippen LogP contribution in [0, 0.1) is 0 Å². The van der Waals surface area contributed by atoms with Crippen LogP contribution in [0.1, 0.15) is 18.1 Å². The Morgan fingerprint density at radius 3 is 2.61 bits per heavy atom. The van der Waals surface area contributed by atoms with Crippen molar-refractivity contribution in [2.24, 2.45) is 5.73 Å². The molecule has 4 heteroatoms. The van der Waals surface area contributed by atoms with Gasteiger partial charge in [0, 0.05) is 24.8 Å². The molecule has 0 fully saturated rings. The van der Waals surface area contributed by atoms with Crippen molar-refractivity contribution >= 4 is 0 Å². The summed E-state index contributed by atoms with van der Waals surface area (Å²) >= 11 is 0. The van der Waals surface area contributed by atoms with Crippen LogP contribution in [0.2, 0.25) is 0 Å². The lowest BCUT2D eigenvalue weighted by molar-refractivity contribution is 0.340. The van der Waals surface area contributed by atoms with Gasteiger partial charge in [0.25, 0.3) is 0 Å². The van der Waals surface area contributed by atoms with Crippen LogP contribution < -0.4 is 10.5 Å². The highest BCUT2D eigenvalue weighted by atomic mass is 16.5. The summed E-state index contributed by atoms with van der Waals surface area (Å²) < 4.78 is 7.34. The number of nitrogens with two attached hydrogens (primary N) is 1. The molecule has 1 aromatic carbocycles. The van der Waals surface area contributed by atoms with E-state index in [1.54, 1.807) is 0 Å². The van der Waals surface area contributed by atoms with Gasteiger partial charge < -0.3 is 10.5 Å². The van der Waals surface area contributed by atoms with Gasteiger partial charge in [0.05, 0.1) is 12.8 Å². The zero-order valence-corrected chi connectivity index (χ0v) is 10.7. The third-order valence-electron chi connectivity index (χ3n) is 2.79. The average molecular weight is 245 g/mol. The molecule has 1 aromatic heterocycles. The third kappa shape index (κ3) is 3.34. The Balaban J connectivity index is 1.89. The fourth-order valence-corrected chi connectivity index (χ4v) is 1.80. The summed E-state index contributed by atoms with van der Waals surface area (Å²) in [5.74, 6) is 0.922. The van der Waals surface area contributed by atoms with Gasteiger partial charge in [-0.1, -0.05) is 12.1 Å². The fraction of sp³-hybridized carbons (Fsp3) is 0.357. The van der Waals surface area contributed by atoms with Crippen LogP contribution in [0.4, 0.5) is 0 Å². The first-order valence-electron chi connectivity index (χ1n) is 6.25. The predicted octanol–water partition coefficient (Wildman–Crippen LogP) is 1.98. The number of benzene rings is 1. The summed E-state index contributed by atoms with van der Waals surface area (Å²) in [7, 11) is 0. The average Bonchev–Trinajstić information content (AvgIpc) is 2.86. The Labute approximate surface area is 107 Å². The molecule has 0 aliphatic heterocycles. The molecule has 96 valence electrons. The molecule has 1 heterocycles. The van der Waals surface area contributed by atoms with Gasteiger partial charge in [0.2, 0.25) is 0 Å². The summed E-state index contributed by atoms with van der Waals surface area (Å²) in [4.78, 5) is 0. The lowest BCUT2D eigenvalue weighted by Crippen LogP contribution is -2.02. The van der Waals surface area contributed by atoms with E-state index in [4.69, 9.17) is 10.5 Å². The minimum Gasteiger partial charge on any atom is -0.494 e. The summed E-state index contributed by atoms with van der Waals surface area (Å²) in [6, 6.07) is 8.21. The minimum atomic E-state index is 0.545. The number of nitrogens with zero attached hydrogens (tertiary/aromatic N) is 2. The van der Waals surface area contributed by atoms with Crippen LogP contribution in [0.25, 0.3) is 0 Å². The van der Waals surface area contributed by atoms with Crippen LogP contribution in [0.3, 0.4) is 0 Å². The molecule has 0 aliphatic rings. The summed E-state index contributed by atoms with van der Waals surface area (Å²) in [5.41, 5.74) is 7.90. The largest absolute Gasteiger partial charge is 0.494 e. The maximum absolute atomic E-state index is 5.55. The smallest absolute Gasteiger partial charge is 0.119 e. The molecule has 0 bridgehead atoms. The van der Waals surface area contributed by atoms with Crippen molar-refractivity contribution in [2.45, 2.75) is 26.4 Å². The fourth-order valence-electron chi connectivity index (χ4n) is 1.80. The first-order valence-corrected chi connectivity index (χ1v) is 6.25. The Kier molecular flexibility index (Phi) is 4.36. The molecular formula is C14H19N3O. The van der Waals surface area contributed by atoms with Crippen LogP contribution >= 0.6 is 0 Å². The number of aryl methyl sites for hydroxylation is 2. The van der Waals surface area contributed by atoms with E-state index in [2.05, 4.69) is 17.2 Å². The highest BCUT2D eigenvalue weighted by molar-refractivity contribution is 5.27. The molecule has 0 aliphatic carbocycles. The van der Waals surface area contributed by atoms with E-state index in [0.717, 1.165) is 24.3 Å². The van der Waals surface area contributed by atoms with Crippen molar-refractivity contribution in [3.05, 3.63) is 47.8 Å². The Hall–Kier alpha value is -1.81. The van der Waals surface area contributed by atoms with E-state index >= 15 is 0 Å². The van der Waals surface area contributed by atoms with Crippen LogP contribution in [-0.2, 0) is 19.5 Å². The number of hydrogen-bond acceptors (Lipinski definition) is 3. The van der Waals surface area contributed by atoms with Gasteiger partial charge >= 0.3 is 0 Å². The van der Waals surface area contributed by atoms with Gasteiger partial charge in [-0.3, -0.25) is 4.68 Å². The summed E-state index contributed by atoms with van der Waals surface area (Å²) in [6.07, 6.45) is 4.77. The van der Waals surface area contributed by atoms with Gasteiger partial charge in [-0.2, -0.15) is 5.10 Å². The third-order valence-corrected chi connectivity index (χ3v) is 2.79. The normalized spacial score (nSPS) is 10.6. The zero-order chi connectivity index (χ0) is 12.8. The maximum Gasteiger partial charge on any atom is 0.119 e. The van der Waals surface area contributed by atoms with Crippen molar-refractivity contribution in [3.8, 4) is 5.75 Å². The molecule has 0 atom stereocenters. The van der Waals surface area contributed by atoms with Gasteiger partial charge in [-0.05, 0) is 31.0 Å². The highest BCUT2D eigenvalue weighted by Crippen LogP contribution is 2.12. The summed E-state index contributed by atoms with van der Waals surface area (Å²) in [5, 5.41) is 4.26. The first kappa shape index (κ1) is 12.6. The van der Waals surface area contributed by atoms with E-state index in [0.29, 0.717) is 13.2 Å². The van der Waals surface area contributed by atoms with Crippen LogP contribution in [-0.4, -0.2) is 16.4 Å². The molecule has 0 saturated carbocycles. The van der Waals surface area contributed by atoms with Gasteiger partial charge in [0.1, 0.15) is 5.75 Å². The SMILES string of the molecule is CCOc1ccc(CCn2cc(CN)cn2)cc1. The standard InChI is InChI=1S/C14H19N3O/c1-2-18-14-5-3-12(4-6-14)7-8-17-11-13(9-15)10-16-17/h3-6,10-11H,2,7-9,15H2,1H3. The zero-order valence-electron chi connectivity index (χ0n) is 10.7. The highest BCUT2D eigenvalue weighted by Gasteiger charge is 1.99. The molecule has 2 N–H and O–H groups in total. The quantitative estimate of drug-likeness (QED) is 0.846. The molecule has 4 nitrogen and oxygen atoms in total. The van der Waals surface area contributed by atoms with Crippen molar-refractivity contribution < 1.29 is 4.74 Å². The Bertz CT molecular complexity index is 476. The summed E-state index contributed by atoms with van der Waals surface area (Å²) in [6.45, 7) is 4.10. The monoisotopic (exact) mass is 245 g/mol. The Morgan fingerprint density at radius 2 is 2.00 bits per heavy atom. The topological polar surface area (TPSA) is 53.1 Å². The second-order valence-electron chi connectivity index (χ2n) is 4.14. The molecular weight excluding hydrogens is 226 g/mol. The van der Waals surface area contributed by atoms with E-state index in [9.17, 15) is 0 Å². The van der Waals surface area contributed by atoms with Gasteiger partial charge in [0.15, 0.2) is 0 Å². The van der Waals surface area contributed by atoms with Crippen LogP contribution in [0.5, 0.6) is 5.75 Å². The van der Waals surface area contributed by atoms with Crippen molar-refractivity contribution in [1.29, 1.82) is 0 Å². The van der Waals surface area contributed by atoms with E-state index in [1.807, 2.05) is 36.1 Å². The van der Waals surface area contributed by atoms with E-state index in [1.165, 1.54) is 5.56 Å². The molecule has 0 radical (unpaired) electrons. The molecule has 2 aromatic rings. The lowest BCUT2D eigenvalue weighted by Gasteiger charge is -2.05. The maximum atomic E-state index is 5.55. The molecule has 0 saturated heterocycles. The van der Waals surface area contributed by atoms with Crippen molar-refractivity contribution in [1.82, 2.24) is 9.78 Å². The number of rotatable bonds is 6. The molecule has 0 unspecified atom stereocenters. The lowest BCUT2D eigenvalue weighted by atomic mass is 10.1. The van der Waals surface area contributed by atoms with E-state index in [-0.39, 0.29) is 0 Å². The van der Waals surface area contributed by atoms with Crippen molar-refractivity contribution in [3.63, 3.8) is 0 Å². The molecule has 18 heavy (non-hydrogen) atoms. The molecule has 0 spiro atoms. The number of aromatic nitrogens is 2. The van der Waals surface area contributed by atoms with Crippen LogP contribution in [0.15, 0.2) is 36.7 Å². The molecule has 0 amide bonds. The number of hydrogen-bond donors (Lipinski definition) is 1. The predicted molar refractivity (Wildman–Crippen MR) is 71.4 cm³/mol. The van der Waals surface area contributed by atoms with Crippen molar-refractivity contribution in [2.75, 3.05) is 6.61 Å². The molecule has 2 rings (SSSR count). The van der Waals surface area contributed by atoms with E-state index < -0.39 is 0 Å².